The Bertz CT molecular complexity index is 308. The first-order valence-corrected chi connectivity index (χ1v) is 9.43. The minimum absolute atomic E-state index is 0.268. The third-order valence-corrected chi connectivity index (χ3v) is 6.05. The molecule has 0 aromatic carbocycles. The fraction of sp³-hybridized carbons (Fsp3) is 1.00. The highest BCUT2D eigenvalue weighted by Gasteiger charge is 2.41. The van der Waals surface area contributed by atoms with E-state index in [1.165, 1.54) is 77.0 Å². The van der Waals surface area contributed by atoms with Crippen LogP contribution in [0, 0.1) is 0 Å². The van der Waals surface area contributed by atoms with Gasteiger partial charge >= 0.3 is 0 Å². The van der Waals surface area contributed by atoms with Gasteiger partial charge in [0.15, 0.2) is 0 Å². The molecular formula is C18H34N2O. The predicted molar refractivity (Wildman–Crippen MR) is 87.4 cm³/mol. The molecule has 3 rings (SSSR count). The van der Waals surface area contributed by atoms with Crippen LogP contribution in [0.5, 0.6) is 0 Å². The van der Waals surface area contributed by atoms with Crippen LogP contribution in [-0.4, -0.2) is 42.3 Å². The van der Waals surface area contributed by atoms with E-state index in [0.717, 1.165) is 25.7 Å². The molecule has 1 atom stereocenters. The van der Waals surface area contributed by atoms with Gasteiger partial charge in [0.25, 0.3) is 0 Å². The van der Waals surface area contributed by atoms with E-state index in [0.29, 0.717) is 6.10 Å². The first-order chi connectivity index (χ1) is 10.3. The summed E-state index contributed by atoms with van der Waals surface area (Å²) in [6.07, 6.45) is 16.8. The molecule has 122 valence electrons. The zero-order valence-corrected chi connectivity index (χ0v) is 13.7. The Morgan fingerprint density at radius 1 is 0.905 bits per heavy atom. The molecule has 21 heavy (non-hydrogen) atoms. The van der Waals surface area contributed by atoms with Gasteiger partial charge in [0.2, 0.25) is 0 Å². The molecular weight excluding hydrogens is 260 g/mol. The Morgan fingerprint density at radius 3 is 2.33 bits per heavy atom. The van der Waals surface area contributed by atoms with Crippen LogP contribution in [0.1, 0.15) is 77.0 Å². The van der Waals surface area contributed by atoms with Crippen molar-refractivity contribution in [1.82, 2.24) is 4.90 Å². The summed E-state index contributed by atoms with van der Waals surface area (Å²) in [5.74, 6) is 0. The monoisotopic (exact) mass is 294 g/mol. The van der Waals surface area contributed by atoms with Crippen molar-refractivity contribution in [2.75, 3.05) is 19.6 Å². The van der Waals surface area contributed by atoms with E-state index in [-0.39, 0.29) is 5.60 Å². The Labute approximate surface area is 130 Å². The summed E-state index contributed by atoms with van der Waals surface area (Å²) in [7, 11) is 0. The maximum atomic E-state index is 6.58. The molecule has 1 saturated heterocycles. The van der Waals surface area contributed by atoms with Crippen LogP contribution in [0.25, 0.3) is 0 Å². The minimum atomic E-state index is 0.268. The molecule has 1 aliphatic heterocycles. The van der Waals surface area contributed by atoms with Crippen LogP contribution < -0.4 is 5.73 Å². The maximum absolute atomic E-state index is 6.58. The molecule has 0 aromatic heterocycles. The molecule has 1 spiro atoms. The summed E-state index contributed by atoms with van der Waals surface area (Å²) in [6.45, 7) is 2.97. The summed E-state index contributed by atoms with van der Waals surface area (Å²) in [4.78, 5) is 2.66. The third kappa shape index (κ3) is 4.00. The molecule has 3 fully saturated rings. The highest BCUT2D eigenvalue weighted by atomic mass is 16.5. The molecule has 1 heterocycles. The van der Waals surface area contributed by atoms with Gasteiger partial charge in [-0.25, -0.2) is 0 Å². The van der Waals surface area contributed by atoms with Gasteiger partial charge in [-0.3, -0.25) is 4.90 Å². The second-order valence-electron chi connectivity index (χ2n) is 7.60. The first-order valence-electron chi connectivity index (χ1n) is 9.43. The number of hydrogen-bond donors (Lipinski definition) is 1. The van der Waals surface area contributed by atoms with Crippen molar-refractivity contribution in [1.29, 1.82) is 0 Å². The molecule has 0 aromatic rings. The van der Waals surface area contributed by atoms with Gasteiger partial charge in [-0.15, -0.1) is 0 Å². The largest absolute Gasteiger partial charge is 0.370 e. The van der Waals surface area contributed by atoms with Crippen molar-refractivity contribution in [3.63, 3.8) is 0 Å². The van der Waals surface area contributed by atoms with Gasteiger partial charge in [-0.05, 0) is 38.5 Å². The number of rotatable bonds is 5. The Hall–Kier alpha value is -0.120. The normalized spacial score (nSPS) is 30.3. The third-order valence-electron chi connectivity index (χ3n) is 6.05. The van der Waals surface area contributed by atoms with Gasteiger partial charge in [0.1, 0.15) is 0 Å². The van der Waals surface area contributed by atoms with Crippen molar-refractivity contribution in [3.8, 4) is 0 Å². The van der Waals surface area contributed by atoms with Crippen molar-refractivity contribution in [3.05, 3.63) is 0 Å². The van der Waals surface area contributed by atoms with Crippen LogP contribution in [-0.2, 0) is 4.74 Å². The fourth-order valence-corrected chi connectivity index (χ4v) is 4.88. The average molecular weight is 294 g/mol. The topological polar surface area (TPSA) is 38.5 Å². The van der Waals surface area contributed by atoms with E-state index >= 15 is 0 Å². The lowest BCUT2D eigenvalue weighted by Gasteiger charge is -2.37. The number of nitrogens with zero attached hydrogens (tertiary/aromatic N) is 1. The van der Waals surface area contributed by atoms with Gasteiger partial charge in [0.05, 0.1) is 11.7 Å². The summed E-state index contributed by atoms with van der Waals surface area (Å²) in [5, 5.41) is 0. The fourth-order valence-electron chi connectivity index (χ4n) is 4.88. The van der Waals surface area contributed by atoms with Crippen LogP contribution in [0.4, 0.5) is 0 Å². The summed E-state index contributed by atoms with van der Waals surface area (Å²) in [5.41, 5.74) is 6.13. The van der Waals surface area contributed by atoms with E-state index in [1.807, 2.05) is 0 Å². The molecule has 0 bridgehead atoms. The van der Waals surface area contributed by atoms with Crippen molar-refractivity contribution in [2.45, 2.75) is 94.8 Å². The minimum Gasteiger partial charge on any atom is -0.370 e. The quantitative estimate of drug-likeness (QED) is 0.844. The van der Waals surface area contributed by atoms with Crippen molar-refractivity contribution in [2.24, 2.45) is 5.73 Å². The second-order valence-corrected chi connectivity index (χ2v) is 7.60. The smallest absolute Gasteiger partial charge is 0.0710 e. The second kappa shape index (κ2) is 7.43. The molecule has 0 amide bonds. The molecule has 0 radical (unpaired) electrons. The lowest BCUT2D eigenvalue weighted by atomic mass is 9.83. The highest BCUT2D eigenvalue weighted by molar-refractivity contribution is 4.92. The van der Waals surface area contributed by atoms with Crippen LogP contribution in [0.3, 0.4) is 0 Å². The van der Waals surface area contributed by atoms with Gasteiger partial charge in [-0.1, -0.05) is 38.5 Å². The zero-order valence-electron chi connectivity index (χ0n) is 13.7. The highest BCUT2D eigenvalue weighted by Crippen LogP contribution is 2.42. The van der Waals surface area contributed by atoms with Crippen LogP contribution >= 0.6 is 0 Å². The number of nitrogens with two attached hydrogens (primary N) is 1. The van der Waals surface area contributed by atoms with Gasteiger partial charge in [0, 0.05) is 25.7 Å². The van der Waals surface area contributed by atoms with E-state index in [9.17, 15) is 0 Å². The number of ether oxygens (including phenoxy) is 1. The van der Waals surface area contributed by atoms with Gasteiger partial charge < -0.3 is 10.5 Å². The predicted octanol–water partition coefficient (Wildman–Crippen LogP) is 3.46. The Morgan fingerprint density at radius 2 is 1.62 bits per heavy atom. The summed E-state index contributed by atoms with van der Waals surface area (Å²) < 4.78 is 6.58. The lowest BCUT2D eigenvalue weighted by Crippen LogP contribution is -2.44. The molecule has 1 unspecified atom stereocenters. The van der Waals surface area contributed by atoms with Gasteiger partial charge in [-0.2, -0.15) is 0 Å². The average Bonchev–Trinajstić information content (AvgIpc) is 2.91. The summed E-state index contributed by atoms with van der Waals surface area (Å²) >= 11 is 0. The standard InChI is InChI=1S/C18H34N2O/c19-13-14-20(16-7-3-1-4-8-16)15-17-9-12-18(21-17)10-5-2-6-11-18/h16-17H,1-15,19H2. The molecule has 2 N–H and O–H groups in total. The molecule has 2 aliphatic carbocycles. The molecule has 3 nitrogen and oxygen atoms in total. The van der Waals surface area contributed by atoms with E-state index in [2.05, 4.69) is 4.90 Å². The van der Waals surface area contributed by atoms with Crippen LogP contribution in [0.15, 0.2) is 0 Å². The first kappa shape index (κ1) is 15.8. The zero-order chi connectivity index (χ0) is 14.5. The van der Waals surface area contributed by atoms with E-state index in [4.69, 9.17) is 10.5 Å². The van der Waals surface area contributed by atoms with Crippen molar-refractivity contribution < 1.29 is 4.74 Å². The molecule has 3 aliphatic rings. The van der Waals surface area contributed by atoms with E-state index < -0.39 is 0 Å². The Kier molecular flexibility index (Phi) is 5.58. The van der Waals surface area contributed by atoms with Crippen LogP contribution in [0.2, 0.25) is 0 Å². The number of hydrogen-bond acceptors (Lipinski definition) is 3. The Balaban J connectivity index is 1.53. The summed E-state index contributed by atoms with van der Waals surface area (Å²) in [6, 6.07) is 0.772. The molecule has 3 heteroatoms. The SMILES string of the molecule is NCCN(CC1CCC2(CCCCC2)O1)C1CCCCC1. The molecule has 2 saturated carbocycles. The lowest BCUT2D eigenvalue weighted by molar-refractivity contribution is -0.0755. The van der Waals surface area contributed by atoms with Crippen molar-refractivity contribution >= 4 is 0 Å². The van der Waals surface area contributed by atoms with E-state index in [1.54, 1.807) is 0 Å². The maximum Gasteiger partial charge on any atom is 0.0710 e.